The van der Waals surface area contributed by atoms with Crippen LogP contribution in [0.2, 0.25) is 0 Å². The van der Waals surface area contributed by atoms with Gasteiger partial charge in [-0.25, -0.2) is 4.79 Å². The van der Waals surface area contributed by atoms with Crippen LogP contribution in [-0.4, -0.2) is 28.9 Å². The third kappa shape index (κ3) is 3.73. The van der Waals surface area contributed by atoms with Gasteiger partial charge in [0.1, 0.15) is 0 Å². The third-order valence-corrected chi connectivity index (χ3v) is 3.36. The van der Waals surface area contributed by atoms with Gasteiger partial charge in [0.2, 0.25) is 0 Å². The number of aliphatic hydroxyl groups is 1. The van der Waals surface area contributed by atoms with Gasteiger partial charge in [-0.05, 0) is 30.7 Å². The van der Waals surface area contributed by atoms with Crippen molar-refractivity contribution in [3.8, 4) is 0 Å². The molecule has 1 N–H and O–H groups in total. The van der Waals surface area contributed by atoms with Gasteiger partial charge in [0.05, 0.1) is 12.7 Å². The molecule has 0 spiro atoms. The molecule has 17 heavy (non-hydrogen) atoms. The van der Waals surface area contributed by atoms with Gasteiger partial charge in [-0.1, -0.05) is 23.4 Å². The van der Waals surface area contributed by atoms with Crippen molar-refractivity contribution in [2.75, 3.05) is 7.11 Å². The maximum absolute atomic E-state index is 11.5. The van der Waals surface area contributed by atoms with Gasteiger partial charge in [0.15, 0.2) is 5.44 Å². The summed E-state index contributed by atoms with van der Waals surface area (Å²) in [6, 6.07) is 5.02. The lowest BCUT2D eigenvalue weighted by atomic mass is 10.1. The Hall–Kier alpha value is -1.04. The largest absolute Gasteiger partial charge is 0.465 e. The summed E-state index contributed by atoms with van der Waals surface area (Å²) >= 11 is 5.95. The molecular weight excluding hydrogens is 264 g/mol. The number of methoxy groups -OCH3 is 1. The zero-order valence-corrected chi connectivity index (χ0v) is 10.8. The fourth-order valence-electron chi connectivity index (χ4n) is 1.18. The number of ether oxygens (including phenoxy) is 1. The Bertz CT molecular complexity index is 447. The number of carbonyl (C=O) groups excluding carboxylic acids is 2. The fourth-order valence-corrected chi connectivity index (χ4v) is 2.07. The van der Waals surface area contributed by atoms with E-state index in [1.54, 1.807) is 18.2 Å². The van der Waals surface area contributed by atoms with Crippen molar-refractivity contribution >= 4 is 34.6 Å². The van der Waals surface area contributed by atoms with Crippen molar-refractivity contribution in [2.45, 2.75) is 17.3 Å². The van der Waals surface area contributed by atoms with Crippen LogP contribution in [-0.2, 0) is 9.53 Å². The number of hydrogen-bond acceptors (Lipinski definition) is 5. The highest BCUT2D eigenvalue weighted by Crippen LogP contribution is 2.28. The zero-order chi connectivity index (χ0) is 13.0. The lowest BCUT2D eigenvalue weighted by molar-refractivity contribution is -0.115. The summed E-state index contributed by atoms with van der Waals surface area (Å²) in [5.74, 6) is -0.523. The number of carbonyl (C=O) groups is 2. The Labute approximate surface area is 108 Å². The van der Waals surface area contributed by atoms with Crippen molar-refractivity contribution in [1.29, 1.82) is 0 Å². The predicted octanol–water partition coefficient (Wildman–Crippen LogP) is 1.96. The van der Waals surface area contributed by atoms with Crippen molar-refractivity contribution < 1.29 is 19.4 Å². The van der Waals surface area contributed by atoms with E-state index in [9.17, 15) is 14.7 Å². The van der Waals surface area contributed by atoms with Gasteiger partial charge in [-0.15, -0.1) is 0 Å². The summed E-state index contributed by atoms with van der Waals surface area (Å²) in [6.45, 7) is 1.82. The van der Waals surface area contributed by atoms with E-state index in [4.69, 9.17) is 11.6 Å². The molecule has 0 fully saturated rings. The van der Waals surface area contributed by atoms with E-state index in [-0.39, 0.29) is 0 Å². The Balaban J connectivity index is 3.06. The van der Waals surface area contributed by atoms with Crippen molar-refractivity contribution in [2.24, 2.45) is 0 Å². The Morgan fingerprint density at radius 2 is 2.12 bits per heavy atom. The van der Waals surface area contributed by atoms with Gasteiger partial charge < -0.3 is 9.84 Å². The SMILES string of the molecule is COC(=O)c1cc(C)ccc1SC(O)C(=O)Cl. The molecule has 6 heteroatoms. The van der Waals surface area contributed by atoms with Crippen LogP contribution >= 0.6 is 23.4 Å². The zero-order valence-electron chi connectivity index (χ0n) is 9.27. The number of esters is 1. The molecule has 1 unspecified atom stereocenters. The molecule has 0 amide bonds. The second-order valence-electron chi connectivity index (χ2n) is 3.27. The smallest absolute Gasteiger partial charge is 0.339 e. The van der Waals surface area contributed by atoms with Crippen LogP contribution < -0.4 is 0 Å². The summed E-state index contributed by atoms with van der Waals surface area (Å²) in [6.07, 6.45) is 0. The Morgan fingerprint density at radius 3 is 2.65 bits per heavy atom. The number of aliphatic hydroxyl groups excluding tert-OH is 1. The van der Waals surface area contributed by atoms with Gasteiger partial charge in [0, 0.05) is 4.90 Å². The van der Waals surface area contributed by atoms with Gasteiger partial charge in [-0.2, -0.15) is 0 Å². The molecule has 0 saturated carbocycles. The number of hydrogen-bond donors (Lipinski definition) is 1. The molecule has 1 aromatic rings. The highest BCUT2D eigenvalue weighted by molar-refractivity contribution is 8.00. The normalized spacial score (nSPS) is 12.0. The lowest BCUT2D eigenvalue weighted by Crippen LogP contribution is -2.11. The average Bonchev–Trinajstić information content (AvgIpc) is 2.30. The van der Waals surface area contributed by atoms with Crippen LogP contribution in [0.25, 0.3) is 0 Å². The summed E-state index contributed by atoms with van der Waals surface area (Å²) in [7, 11) is 1.27. The molecule has 1 rings (SSSR count). The molecule has 0 aromatic heterocycles. The minimum atomic E-state index is -1.40. The lowest BCUT2D eigenvalue weighted by Gasteiger charge is -2.10. The standard InChI is InChI=1S/C11H11ClO4S/c1-6-3-4-8(17-11(15)9(12)13)7(5-6)10(14)16-2/h3-5,11,15H,1-2H3. The number of aryl methyl sites for hydroxylation is 1. The highest BCUT2D eigenvalue weighted by Gasteiger charge is 2.19. The molecule has 1 aromatic carbocycles. The van der Waals surface area contributed by atoms with E-state index >= 15 is 0 Å². The molecule has 0 saturated heterocycles. The van der Waals surface area contributed by atoms with Gasteiger partial charge in [-0.3, -0.25) is 4.79 Å². The van der Waals surface area contributed by atoms with E-state index in [0.717, 1.165) is 17.3 Å². The van der Waals surface area contributed by atoms with Gasteiger partial charge >= 0.3 is 5.97 Å². The van der Waals surface area contributed by atoms with E-state index in [2.05, 4.69) is 4.74 Å². The number of thioether (sulfide) groups is 1. The maximum atomic E-state index is 11.5. The van der Waals surface area contributed by atoms with Crippen LogP contribution in [0.15, 0.2) is 23.1 Å². The third-order valence-electron chi connectivity index (χ3n) is 1.97. The Morgan fingerprint density at radius 1 is 1.47 bits per heavy atom. The number of benzene rings is 1. The van der Waals surface area contributed by atoms with Crippen molar-refractivity contribution in [3.63, 3.8) is 0 Å². The molecule has 0 heterocycles. The predicted molar refractivity (Wildman–Crippen MR) is 65.2 cm³/mol. The first-order valence-electron chi connectivity index (χ1n) is 4.68. The molecule has 0 aliphatic heterocycles. The van der Waals surface area contributed by atoms with Crippen LogP contribution in [0.3, 0.4) is 0 Å². The summed E-state index contributed by atoms with van der Waals surface area (Å²) in [5, 5.41) is 8.47. The first-order chi connectivity index (χ1) is 7.95. The van der Waals surface area contributed by atoms with Crippen LogP contribution in [0.4, 0.5) is 0 Å². The maximum Gasteiger partial charge on any atom is 0.339 e. The Kier molecular flexibility index (Phi) is 4.99. The van der Waals surface area contributed by atoms with E-state index in [1.165, 1.54) is 7.11 Å². The molecule has 0 aliphatic carbocycles. The second kappa shape index (κ2) is 6.05. The fraction of sp³-hybridized carbons (Fsp3) is 0.273. The first-order valence-corrected chi connectivity index (χ1v) is 5.94. The topological polar surface area (TPSA) is 63.6 Å². The highest BCUT2D eigenvalue weighted by atomic mass is 35.5. The first kappa shape index (κ1) is 14.0. The van der Waals surface area contributed by atoms with Crippen molar-refractivity contribution in [3.05, 3.63) is 29.3 Å². The molecule has 0 radical (unpaired) electrons. The van der Waals surface area contributed by atoms with Crippen LogP contribution in [0.5, 0.6) is 0 Å². The molecule has 92 valence electrons. The average molecular weight is 275 g/mol. The summed E-state index contributed by atoms with van der Waals surface area (Å²) in [4.78, 5) is 22.7. The molecule has 0 bridgehead atoms. The van der Waals surface area contributed by atoms with E-state index < -0.39 is 16.6 Å². The second-order valence-corrected chi connectivity index (χ2v) is 4.76. The van der Waals surface area contributed by atoms with Crippen LogP contribution in [0.1, 0.15) is 15.9 Å². The number of rotatable bonds is 4. The monoisotopic (exact) mass is 274 g/mol. The minimum Gasteiger partial charge on any atom is -0.465 e. The van der Waals surface area contributed by atoms with E-state index in [0.29, 0.717) is 10.5 Å². The van der Waals surface area contributed by atoms with Crippen molar-refractivity contribution in [1.82, 2.24) is 0 Å². The summed E-state index contributed by atoms with van der Waals surface area (Å²) in [5.41, 5.74) is -0.223. The molecular formula is C11H11ClO4S. The van der Waals surface area contributed by atoms with E-state index in [1.807, 2.05) is 6.92 Å². The van der Waals surface area contributed by atoms with Crippen LogP contribution in [0, 0.1) is 6.92 Å². The molecule has 1 atom stereocenters. The quantitative estimate of drug-likeness (QED) is 0.394. The molecule has 4 nitrogen and oxygen atoms in total. The number of halogens is 1. The molecule has 0 aliphatic rings. The minimum absolute atomic E-state index is 0.300. The van der Waals surface area contributed by atoms with Gasteiger partial charge in [0.25, 0.3) is 5.24 Å². The summed E-state index contributed by atoms with van der Waals surface area (Å²) < 4.78 is 4.62.